The maximum Gasteiger partial charge on any atom is 0.225 e. The van der Waals surface area contributed by atoms with Gasteiger partial charge in [-0.2, -0.15) is 15.2 Å². The normalized spacial score (nSPS) is 20.3. The number of ether oxygens (including phenoxy) is 1. The molecule has 0 radical (unpaired) electrons. The fourth-order valence-corrected chi connectivity index (χ4v) is 4.07. The topological polar surface area (TPSA) is 124 Å². The van der Waals surface area contributed by atoms with Crippen LogP contribution in [0.1, 0.15) is 5.56 Å². The van der Waals surface area contributed by atoms with Crippen LogP contribution in [0.2, 0.25) is 0 Å². The molecule has 14 heteroatoms. The van der Waals surface area contributed by atoms with E-state index in [1.165, 1.54) is 22.0 Å². The van der Waals surface area contributed by atoms with E-state index in [2.05, 4.69) is 25.5 Å². The lowest BCUT2D eigenvalue weighted by atomic mass is 10.1. The van der Waals surface area contributed by atoms with Crippen molar-refractivity contribution in [3.05, 3.63) is 41.5 Å². The van der Waals surface area contributed by atoms with Gasteiger partial charge < -0.3 is 25.2 Å². The van der Waals surface area contributed by atoms with Crippen molar-refractivity contribution in [2.24, 2.45) is 5.10 Å². The van der Waals surface area contributed by atoms with Gasteiger partial charge in [-0.1, -0.05) is 0 Å². The first-order chi connectivity index (χ1) is 16.9. The Labute approximate surface area is 197 Å². The minimum Gasteiger partial charge on any atom is -0.394 e. The van der Waals surface area contributed by atoms with Crippen molar-refractivity contribution in [3.63, 3.8) is 0 Å². The molecule has 2 unspecified atom stereocenters. The molecule has 11 nitrogen and oxygen atoms in total. The Balaban J connectivity index is 1.42. The first kappa shape index (κ1) is 23.3. The van der Waals surface area contributed by atoms with E-state index in [9.17, 15) is 13.9 Å². The number of aliphatic hydroxyl groups is 2. The highest BCUT2D eigenvalue weighted by Crippen LogP contribution is 2.30. The highest BCUT2D eigenvalue weighted by molar-refractivity contribution is 5.76. The molecule has 4 heterocycles. The Morgan fingerprint density at radius 2 is 2.06 bits per heavy atom. The zero-order valence-electron chi connectivity index (χ0n) is 18.5. The minimum atomic E-state index is -1.34. The predicted molar refractivity (Wildman–Crippen MR) is 119 cm³/mol. The molecule has 0 spiro atoms. The smallest absolute Gasteiger partial charge is 0.225 e. The summed E-state index contributed by atoms with van der Waals surface area (Å²) < 4.78 is 50.9. The number of hydrogen-bond acceptors (Lipinski definition) is 10. The molecule has 2 aliphatic rings. The summed E-state index contributed by atoms with van der Waals surface area (Å²) in [7, 11) is 0. The Morgan fingerprint density at radius 3 is 2.86 bits per heavy atom. The summed E-state index contributed by atoms with van der Waals surface area (Å²) in [4.78, 5) is 9.89. The molecule has 2 aliphatic heterocycles. The number of nitrogens with one attached hydrogen (secondary N) is 1. The fourth-order valence-electron chi connectivity index (χ4n) is 4.07. The molecule has 3 aromatic rings. The van der Waals surface area contributed by atoms with Crippen LogP contribution in [0.15, 0.2) is 23.6 Å². The molecule has 35 heavy (non-hydrogen) atoms. The van der Waals surface area contributed by atoms with Gasteiger partial charge in [-0.25, -0.2) is 22.8 Å². The van der Waals surface area contributed by atoms with E-state index in [4.69, 9.17) is 9.84 Å². The maximum absolute atomic E-state index is 15.4. The summed E-state index contributed by atoms with van der Waals surface area (Å²) in [5.41, 5.74) is -0.504. The summed E-state index contributed by atoms with van der Waals surface area (Å²) in [6, 6.07) is 0.535. The van der Waals surface area contributed by atoms with Crippen LogP contribution < -0.4 is 10.2 Å². The Kier molecular flexibility index (Phi) is 6.40. The second-order valence-corrected chi connectivity index (χ2v) is 8.16. The zero-order valence-corrected chi connectivity index (χ0v) is 18.5. The van der Waals surface area contributed by atoms with E-state index in [0.29, 0.717) is 24.1 Å². The van der Waals surface area contributed by atoms with Crippen molar-refractivity contribution in [1.82, 2.24) is 24.8 Å². The van der Waals surface area contributed by atoms with Crippen molar-refractivity contribution in [2.45, 2.75) is 18.8 Å². The average molecular weight is 492 g/mol. The molecular weight excluding hydrogens is 469 g/mol. The van der Waals surface area contributed by atoms with Gasteiger partial charge in [-0.05, 0) is 0 Å². The number of morpholine rings is 1. The van der Waals surface area contributed by atoms with Crippen molar-refractivity contribution in [2.75, 3.05) is 49.7 Å². The van der Waals surface area contributed by atoms with Gasteiger partial charge >= 0.3 is 0 Å². The molecule has 0 bridgehead atoms. The summed E-state index contributed by atoms with van der Waals surface area (Å²) in [5, 5.41) is 32.8. The van der Waals surface area contributed by atoms with Crippen LogP contribution in [0.3, 0.4) is 0 Å². The van der Waals surface area contributed by atoms with Gasteiger partial charge in [0.1, 0.15) is 0 Å². The van der Waals surface area contributed by atoms with Gasteiger partial charge in [0.2, 0.25) is 5.95 Å². The fraction of sp³-hybridized carbons (Fsp3) is 0.429. The summed E-state index contributed by atoms with van der Waals surface area (Å²) in [6.07, 6.45) is 3.44. The van der Waals surface area contributed by atoms with Crippen LogP contribution in [-0.4, -0.2) is 92.9 Å². The minimum absolute atomic E-state index is 0.0227. The second-order valence-electron chi connectivity index (χ2n) is 8.16. The number of aromatic nitrogens is 4. The third-order valence-corrected chi connectivity index (χ3v) is 5.82. The molecule has 2 atom stereocenters. The summed E-state index contributed by atoms with van der Waals surface area (Å²) in [6.45, 7) is 0.712. The molecule has 0 saturated carbocycles. The molecular formula is C21H23F3N8O3. The third-order valence-electron chi connectivity index (χ3n) is 5.82. The van der Waals surface area contributed by atoms with Crippen molar-refractivity contribution < 1.29 is 28.1 Å². The number of nitrogens with zero attached hydrogens (tertiary/aromatic N) is 7. The standard InChI is InChI=1S/C21H23F3N8O3/c22-15-5-16(31-2-4-35-11-17(31)34)19(24)14(18(15)23)10-32-20-12(7-27-32)6-25-21(29-20)28-13-8-26-30(9-13)1-3-33/h5-8,13,17,33-34H,1-4,9-11H2,(H,25,28,29). The Bertz CT molecular complexity index is 1260. The van der Waals surface area contributed by atoms with E-state index in [0.717, 1.165) is 6.07 Å². The van der Waals surface area contributed by atoms with E-state index in [1.54, 1.807) is 11.2 Å². The number of anilines is 2. The van der Waals surface area contributed by atoms with Gasteiger partial charge in [0.25, 0.3) is 0 Å². The number of benzene rings is 1. The highest BCUT2D eigenvalue weighted by Gasteiger charge is 2.28. The predicted octanol–water partition coefficient (Wildman–Crippen LogP) is 0.521. The van der Waals surface area contributed by atoms with Crippen LogP contribution in [0.5, 0.6) is 0 Å². The monoisotopic (exact) mass is 492 g/mol. The lowest BCUT2D eigenvalue weighted by molar-refractivity contribution is 0.00586. The lowest BCUT2D eigenvalue weighted by Crippen LogP contribution is -2.46. The van der Waals surface area contributed by atoms with Gasteiger partial charge in [-0.3, -0.25) is 5.01 Å². The first-order valence-electron chi connectivity index (χ1n) is 11.0. The van der Waals surface area contributed by atoms with Crippen LogP contribution in [0.4, 0.5) is 24.8 Å². The molecule has 0 amide bonds. The lowest BCUT2D eigenvalue weighted by Gasteiger charge is -2.34. The van der Waals surface area contributed by atoms with Crippen LogP contribution in [-0.2, 0) is 11.3 Å². The van der Waals surface area contributed by atoms with Gasteiger partial charge in [-0.15, -0.1) is 0 Å². The number of aliphatic hydroxyl groups excluding tert-OH is 2. The third kappa shape index (κ3) is 4.59. The summed E-state index contributed by atoms with van der Waals surface area (Å²) >= 11 is 0. The quantitative estimate of drug-likeness (QED) is 0.405. The van der Waals surface area contributed by atoms with Crippen molar-refractivity contribution >= 4 is 28.9 Å². The molecule has 5 rings (SSSR count). The van der Waals surface area contributed by atoms with E-state index >= 15 is 4.39 Å². The van der Waals surface area contributed by atoms with Crippen molar-refractivity contribution in [1.29, 1.82) is 0 Å². The van der Waals surface area contributed by atoms with E-state index in [-0.39, 0.29) is 44.0 Å². The molecule has 3 N–H and O–H groups in total. The largest absolute Gasteiger partial charge is 0.394 e. The number of hydrazone groups is 1. The van der Waals surface area contributed by atoms with Crippen molar-refractivity contribution in [3.8, 4) is 0 Å². The molecule has 0 aliphatic carbocycles. The van der Waals surface area contributed by atoms with Gasteiger partial charge in [0, 0.05) is 25.0 Å². The Hall–Kier alpha value is -3.49. The molecule has 2 aromatic heterocycles. The summed E-state index contributed by atoms with van der Waals surface area (Å²) in [5.74, 6) is -3.32. The first-order valence-corrected chi connectivity index (χ1v) is 11.0. The second kappa shape index (κ2) is 9.64. The molecule has 186 valence electrons. The van der Waals surface area contributed by atoms with Crippen LogP contribution in [0, 0.1) is 17.5 Å². The number of β-amino-alcohol motifs (C(OH)–C–C–N with tert-alkyl or cyclic N) is 1. The van der Waals surface area contributed by atoms with E-state index in [1.807, 2.05) is 0 Å². The molecule has 1 aromatic carbocycles. The molecule has 1 fully saturated rings. The number of halogens is 3. The SMILES string of the molecule is OCCN1CC(Nc2ncc3cnn(Cc4c(F)c(F)cc(N5CCOCC5O)c4F)c3n2)C=N1. The van der Waals surface area contributed by atoms with E-state index < -0.39 is 35.8 Å². The van der Waals surface area contributed by atoms with Gasteiger partial charge in [0.15, 0.2) is 29.3 Å². The highest BCUT2D eigenvalue weighted by atomic mass is 19.2. The average Bonchev–Trinajstić information content (AvgIpc) is 3.46. The van der Waals surface area contributed by atoms with Crippen LogP contribution >= 0.6 is 0 Å². The maximum atomic E-state index is 15.4. The number of fused-ring (bicyclic) bond motifs is 1. The zero-order chi connectivity index (χ0) is 24.5. The van der Waals surface area contributed by atoms with Gasteiger partial charge in [0.05, 0.1) is 68.3 Å². The number of rotatable bonds is 7. The Morgan fingerprint density at radius 1 is 1.20 bits per heavy atom. The molecule has 1 saturated heterocycles. The van der Waals surface area contributed by atoms with Crippen LogP contribution in [0.25, 0.3) is 11.0 Å². The number of hydrogen-bond donors (Lipinski definition) is 3.